The third kappa shape index (κ3) is 3.35. The van der Waals surface area contributed by atoms with Gasteiger partial charge in [-0.25, -0.2) is 0 Å². The summed E-state index contributed by atoms with van der Waals surface area (Å²) in [6.07, 6.45) is 12.4. The molecule has 212 valence electrons. The number of hydrogen-bond acceptors (Lipinski definition) is 3. The Kier molecular flexibility index (Phi) is 5.88. The Labute approximate surface area is 234 Å². The number of furan rings is 1. The highest BCUT2D eigenvalue weighted by atomic mass is 16.4. The van der Waals surface area contributed by atoms with Gasteiger partial charge in [0.25, 0.3) is 0 Å². The molecule has 0 aliphatic heterocycles. The van der Waals surface area contributed by atoms with Gasteiger partial charge < -0.3 is 9.52 Å². The molecule has 5 saturated carbocycles. The Morgan fingerprint density at radius 1 is 1.00 bits per heavy atom. The van der Waals surface area contributed by atoms with Crippen molar-refractivity contribution in [2.24, 2.45) is 56.7 Å². The van der Waals surface area contributed by atoms with E-state index < -0.39 is 16.8 Å². The van der Waals surface area contributed by atoms with E-state index in [2.05, 4.69) is 48.1 Å². The number of aliphatic carboxylic acids is 1. The Morgan fingerprint density at radius 3 is 2.38 bits per heavy atom. The molecular weight excluding hydrogens is 484 g/mol. The highest BCUT2D eigenvalue weighted by molar-refractivity contribution is 6.04. The summed E-state index contributed by atoms with van der Waals surface area (Å²) < 4.78 is 5.65. The number of carboxylic acid groups (broad SMARTS) is 1. The Hall–Kier alpha value is -2.10. The molecule has 39 heavy (non-hydrogen) atoms. The molecule has 1 aromatic rings. The fourth-order valence-electron chi connectivity index (χ4n) is 12.0. The van der Waals surface area contributed by atoms with Crippen LogP contribution in [0.4, 0.5) is 0 Å². The smallest absolute Gasteiger partial charge is 0.309 e. The minimum atomic E-state index is -0.587. The number of ketones is 1. The highest BCUT2D eigenvalue weighted by Gasteiger charge is 2.72. The van der Waals surface area contributed by atoms with Gasteiger partial charge in [0, 0.05) is 5.41 Å². The first-order chi connectivity index (χ1) is 18.2. The molecule has 9 atom stereocenters. The molecule has 4 nitrogen and oxygen atoms in total. The van der Waals surface area contributed by atoms with Crippen LogP contribution < -0.4 is 0 Å². The molecule has 4 heteroatoms. The molecular formula is C35H48O4. The van der Waals surface area contributed by atoms with Gasteiger partial charge >= 0.3 is 5.97 Å². The second-order valence-electron chi connectivity index (χ2n) is 15.6. The van der Waals surface area contributed by atoms with Crippen LogP contribution >= 0.6 is 0 Å². The Balaban J connectivity index is 1.42. The van der Waals surface area contributed by atoms with Gasteiger partial charge in [0.05, 0.1) is 11.7 Å². The number of rotatable bonds is 3. The molecule has 5 unspecified atom stereocenters. The second-order valence-corrected chi connectivity index (χ2v) is 15.6. The van der Waals surface area contributed by atoms with E-state index in [1.165, 1.54) is 5.57 Å². The van der Waals surface area contributed by atoms with Crippen molar-refractivity contribution in [1.29, 1.82) is 0 Å². The Bertz CT molecular complexity index is 1240. The van der Waals surface area contributed by atoms with Gasteiger partial charge in [0.1, 0.15) is 5.76 Å². The van der Waals surface area contributed by atoms with E-state index in [1.807, 2.05) is 18.2 Å². The maximum atomic E-state index is 13.9. The van der Waals surface area contributed by atoms with Crippen molar-refractivity contribution in [3.05, 3.63) is 41.9 Å². The van der Waals surface area contributed by atoms with Crippen molar-refractivity contribution in [3.8, 4) is 0 Å². The van der Waals surface area contributed by atoms with Gasteiger partial charge in [0.15, 0.2) is 5.78 Å². The van der Waals surface area contributed by atoms with Crippen molar-refractivity contribution in [3.63, 3.8) is 0 Å². The lowest BCUT2D eigenvalue weighted by Gasteiger charge is -2.72. The van der Waals surface area contributed by atoms with Crippen molar-refractivity contribution in [2.75, 3.05) is 0 Å². The zero-order chi connectivity index (χ0) is 28.2. The maximum Gasteiger partial charge on any atom is 0.309 e. The topological polar surface area (TPSA) is 67.5 Å². The lowest BCUT2D eigenvalue weighted by molar-refractivity contribution is -0.231. The summed E-state index contributed by atoms with van der Waals surface area (Å²) in [5.74, 6) is 2.23. The molecule has 1 aromatic heterocycles. The van der Waals surface area contributed by atoms with Gasteiger partial charge in [-0.15, -0.1) is 0 Å². The first-order valence-corrected chi connectivity index (χ1v) is 15.4. The quantitative estimate of drug-likeness (QED) is 0.313. The summed E-state index contributed by atoms with van der Waals surface area (Å²) in [5, 5.41) is 10.6. The number of carbonyl (C=O) groups excluding carboxylic acids is 1. The van der Waals surface area contributed by atoms with Gasteiger partial charge in [0.2, 0.25) is 0 Å². The van der Waals surface area contributed by atoms with Crippen molar-refractivity contribution >= 4 is 17.8 Å². The van der Waals surface area contributed by atoms with E-state index in [4.69, 9.17) is 4.42 Å². The largest absolute Gasteiger partial charge is 0.481 e. The summed E-state index contributed by atoms with van der Waals surface area (Å²) in [5.41, 5.74) is 1.30. The van der Waals surface area contributed by atoms with E-state index >= 15 is 0 Å². The minimum Gasteiger partial charge on any atom is -0.481 e. The minimum absolute atomic E-state index is 0.0155. The molecule has 5 fully saturated rings. The van der Waals surface area contributed by atoms with E-state index in [0.29, 0.717) is 23.7 Å². The number of fused-ring (bicyclic) bond motifs is 7. The zero-order valence-electron chi connectivity index (χ0n) is 24.9. The molecule has 0 amide bonds. The predicted molar refractivity (Wildman–Crippen MR) is 154 cm³/mol. The van der Waals surface area contributed by atoms with Gasteiger partial charge in [-0.1, -0.05) is 46.8 Å². The monoisotopic (exact) mass is 532 g/mol. The summed E-state index contributed by atoms with van der Waals surface area (Å²) in [7, 11) is 0. The third-order valence-corrected chi connectivity index (χ3v) is 13.9. The van der Waals surface area contributed by atoms with Crippen LogP contribution in [0, 0.1) is 56.7 Å². The normalized spacial score (nSPS) is 47.6. The number of carbonyl (C=O) groups is 2. The van der Waals surface area contributed by atoms with Gasteiger partial charge in [-0.05, 0) is 134 Å². The fraction of sp³-hybridized carbons (Fsp3) is 0.714. The van der Waals surface area contributed by atoms with Crippen LogP contribution in [0.5, 0.6) is 0 Å². The zero-order valence-corrected chi connectivity index (χ0v) is 24.9. The summed E-state index contributed by atoms with van der Waals surface area (Å²) in [6, 6.07) is 3.83. The third-order valence-electron chi connectivity index (χ3n) is 13.9. The van der Waals surface area contributed by atoms with Crippen LogP contribution in [-0.2, 0) is 9.59 Å². The number of Topliss-reactive ketones (excluding diaryl/α,β-unsaturated/α-hetero) is 1. The lowest BCUT2D eigenvalue weighted by atomic mass is 9.32. The van der Waals surface area contributed by atoms with Gasteiger partial charge in [-0.3, -0.25) is 9.59 Å². The second kappa shape index (κ2) is 8.46. The fourth-order valence-corrected chi connectivity index (χ4v) is 12.0. The molecule has 0 bridgehead atoms. The number of allylic oxidation sites excluding steroid dienone is 2. The van der Waals surface area contributed by atoms with Crippen LogP contribution in [0.1, 0.15) is 105 Å². The number of hydrogen-bond donors (Lipinski definition) is 1. The standard InChI is InChI=1S/C35H48O4/c1-21(2)24-12-15-35(30(37)38)17-16-33(6)25(28(24)35)10-11-27-32(5)20-22(19-23-9-8-18-39-23)29(36)31(3,4)26(32)13-14-34(27,33)7/h8-9,18-19,24-28H,1,10-17,20H2,2-7H3,(H,37,38)/t24-,25?,26?,27?,28?,32-,33+,34+,35?/m0/s1. The van der Waals surface area contributed by atoms with Crippen molar-refractivity contribution in [1.82, 2.24) is 0 Å². The number of carboxylic acids is 1. The molecule has 0 saturated heterocycles. The molecule has 5 aliphatic rings. The van der Waals surface area contributed by atoms with Crippen LogP contribution in [0.3, 0.4) is 0 Å². The summed E-state index contributed by atoms with van der Waals surface area (Å²) >= 11 is 0. The first-order valence-electron chi connectivity index (χ1n) is 15.4. The molecule has 1 heterocycles. The van der Waals surface area contributed by atoms with Crippen LogP contribution in [0.15, 0.2) is 40.5 Å². The molecule has 5 aliphatic carbocycles. The van der Waals surface area contributed by atoms with Crippen LogP contribution in [0.25, 0.3) is 6.08 Å². The molecule has 0 spiro atoms. The van der Waals surface area contributed by atoms with E-state index in [9.17, 15) is 14.7 Å². The maximum absolute atomic E-state index is 13.9. The SMILES string of the molecule is C=C(C)[C@@H]1CCC2(C(=O)O)CC[C@]3(C)C(CCC4[C@@]5(C)CC(=Cc6ccco6)C(=O)C(C)(C)C5CC[C@]43C)C12. The first kappa shape index (κ1) is 27.1. The van der Waals surface area contributed by atoms with E-state index in [0.717, 1.165) is 69.1 Å². The van der Waals surface area contributed by atoms with Crippen molar-refractivity contribution in [2.45, 2.75) is 99.3 Å². The summed E-state index contributed by atoms with van der Waals surface area (Å²) in [6.45, 7) is 18.4. The summed E-state index contributed by atoms with van der Waals surface area (Å²) in [4.78, 5) is 26.8. The molecule has 0 aromatic carbocycles. The average molecular weight is 533 g/mol. The van der Waals surface area contributed by atoms with Crippen molar-refractivity contribution < 1.29 is 19.1 Å². The molecule has 1 N–H and O–H groups in total. The van der Waals surface area contributed by atoms with Crippen LogP contribution in [0.2, 0.25) is 0 Å². The van der Waals surface area contributed by atoms with Gasteiger partial charge in [-0.2, -0.15) is 0 Å². The van der Waals surface area contributed by atoms with E-state index in [-0.39, 0.29) is 27.9 Å². The predicted octanol–water partition coefficient (Wildman–Crippen LogP) is 8.58. The average Bonchev–Trinajstić information content (AvgIpc) is 3.51. The Morgan fingerprint density at radius 2 is 1.74 bits per heavy atom. The lowest BCUT2D eigenvalue weighted by Crippen LogP contribution is -2.67. The highest BCUT2D eigenvalue weighted by Crippen LogP contribution is 2.77. The molecule has 0 radical (unpaired) electrons. The van der Waals surface area contributed by atoms with E-state index in [1.54, 1.807) is 6.26 Å². The van der Waals surface area contributed by atoms with Crippen LogP contribution in [-0.4, -0.2) is 16.9 Å². The molecule has 6 rings (SSSR count).